The van der Waals surface area contributed by atoms with Gasteiger partial charge >= 0.3 is 18.0 Å². The first-order valence-electron chi connectivity index (χ1n) is 10.8. The summed E-state index contributed by atoms with van der Waals surface area (Å²) in [6, 6.07) is 16.1. The van der Waals surface area contributed by atoms with Crippen LogP contribution in [-0.4, -0.2) is 50.2 Å². The lowest BCUT2D eigenvalue weighted by Gasteiger charge is -2.23. The number of nitrogens with one attached hydrogen (secondary N) is 2. The molecule has 0 aliphatic heterocycles. The third-order valence-electron chi connectivity index (χ3n) is 5.10. The van der Waals surface area contributed by atoms with Gasteiger partial charge in [-0.2, -0.15) is 0 Å². The van der Waals surface area contributed by atoms with Crippen LogP contribution < -0.4 is 10.6 Å². The Hall–Kier alpha value is -3.88. The lowest BCUT2D eigenvalue weighted by molar-refractivity contribution is -0.149. The molecule has 2 aromatic rings. The van der Waals surface area contributed by atoms with Crippen LogP contribution >= 0.6 is 0 Å². The molecule has 2 amide bonds. The smallest absolute Gasteiger partial charge is 0.408 e. The molecule has 0 unspecified atom stereocenters. The van der Waals surface area contributed by atoms with E-state index in [9.17, 15) is 19.2 Å². The molecule has 0 spiro atoms. The average Bonchev–Trinajstić information content (AvgIpc) is 2.86. The maximum Gasteiger partial charge on any atom is 0.408 e. The highest BCUT2D eigenvalue weighted by molar-refractivity contribution is 5.90. The summed E-state index contributed by atoms with van der Waals surface area (Å²) in [6.07, 6.45) is -0.646. The van der Waals surface area contributed by atoms with Crippen LogP contribution in [0.5, 0.6) is 0 Å². The Balaban J connectivity index is 2.11. The lowest BCUT2D eigenvalue weighted by atomic mass is 10.0. The molecule has 0 aliphatic carbocycles. The Kier molecular flexibility index (Phi) is 10.6. The van der Waals surface area contributed by atoms with Gasteiger partial charge in [-0.1, -0.05) is 67.6 Å². The molecule has 0 saturated carbocycles. The number of rotatable bonds is 11. The summed E-state index contributed by atoms with van der Waals surface area (Å²) in [6.45, 7) is 1.61. The predicted octanol–water partition coefficient (Wildman–Crippen LogP) is 2.38. The van der Waals surface area contributed by atoms with Gasteiger partial charge in [-0.15, -0.1) is 0 Å². The number of carbonyl (C=O) groups is 4. The highest BCUT2D eigenvalue weighted by atomic mass is 16.5. The Morgan fingerprint density at radius 2 is 1.32 bits per heavy atom. The van der Waals surface area contributed by atoms with Crippen molar-refractivity contribution in [3.63, 3.8) is 0 Å². The number of hydrogen-bond acceptors (Lipinski definition) is 7. The number of methoxy groups -OCH3 is 2. The normalized spacial score (nSPS) is 13.0. The number of esters is 2. The average molecular weight is 471 g/mol. The van der Waals surface area contributed by atoms with E-state index in [1.165, 1.54) is 14.2 Å². The molecular formula is C25H30N2O7. The first kappa shape index (κ1) is 26.4. The zero-order chi connectivity index (χ0) is 24.9. The van der Waals surface area contributed by atoms with E-state index < -0.39 is 41.9 Å². The molecule has 0 radical (unpaired) electrons. The lowest BCUT2D eigenvalue weighted by Crippen LogP contribution is -2.53. The Labute approximate surface area is 198 Å². The van der Waals surface area contributed by atoms with Crippen molar-refractivity contribution >= 4 is 23.9 Å². The molecule has 0 bridgehead atoms. The van der Waals surface area contributed by atoms with E-state index >= 15 is 0 Å². The molecule has 2 aromatic carbocycles. The fourth-order valence-corrected chi connectivity index (χ4v) is 3.25. The minimum absolute atomic E-state index is 0.0262. The van der Waals surface area contributed by atoms with Gasteiger partial charge in [0.05, 0.1) is 20.1 Å². The van der Waals surface area contributed by atoms with Crippen LogP contribution in [0.15, 0.2) is 60.7 Å². The fraction of sp³-hybridized carbons (Fsp3) is 0.360. The third-order valence-corrected chi connectivity index (χ3v) is 5.10. The summed E-state index contributed by atoms with van der Waals surface area (Å²) >= 11 is 0. The van der Waals surface area contributed by atoms with Gasteiger partial charge in [0.1, 0.15) is 18.7 Å². The van der Waals surface area contributed by atoms with Gasteiger partial charge in [0.2, 0.25) is 5.91 Å². The van der Waals surface area contributed by atoms with Gasteiger partial charge in [0.15, 0.2) is 0 Å². The zero-order valence-electron chi connectivity index (χ0n) is 19.5. The van der Waals surface area contributed by atoms with Gasteiger partial charge in [-0.25, -0.2) is 9.59 Å². The first-order valence-corrected chi connectivity index (χ1v) is 10.8. The molecule has 0 fully saturated rings. The van der Waals surface area contributed by atoms with E-state index in [1.807, 2.05) is 60.7 Å². The second-order valence-corrected chi connectivity index (χ2v) is 7.69. The minimum Gasteiger partial charge on any atom is -0.469 e. The van der Waals surface area contributed by atoms with Gasteiger partial charge in [-0.05, 0) is 17.5 Å². The van der Waals surface area contributed by atoms with Crippen molar-refractivity contribution in [3.8, 4) is 0 Å². The van der Waals surface area contributed by atoms with E-state index in [2.05, 4.69) is 10.6 Å². The highest BCUT2D eigenvalue weighted by Gasteiger charge is 2.31. The SMILES string of the molecule is COC(=O)[C@@H](C)C[C@@H](NC(=O)[C@H](Cc1ccccc1)NC(=O)OCc1ccccc1)C(=O)OC. The van der Waals surface area contributed by atoms with Crippen LogP contribution in [0, 0.1) is 5.92 Å². The number of alkyl carbamates (subject to hydrolysis) is 1. The van der Waals surface area contributed by atoms with E-state index in [4.69, 9.17) is 14.2 Å². The van der Waals surface area contributed by atoms with Crippen LogP contribution in [0.2, 0.25) is 0 Å². The minimum atomic E-state index is -1.10. The van der Waals surface area contributed by atoms with Gasteiger partial charge in [0, 0.05) is 6.42 Å². The molecule has 182 valence electrons. The molecule has 9 heteroatoms. The number of carbonyl (C=O) groups excluding carboxylic acids is 4. The second kappa shape index (κ2) is 13.6. The first-order chi connectivity index (χ1) is 16.3. The van der Waals surface area contributed by atoms with Crippen molar-refractivity contribution in [3.05, 3.63) is 71.8 Å². The van der Waals surface area contributed by atoms with Crippen molar-refractivity contribution < 1.29 is 33.4 Å². The van der Waals surface area contributed by atoms with Crippen LogP contribution in [0.1, 0.15) is 24.5 Å². The van der Waals surface area contributed by atoms with E-state index in [1.54, 1.807) is 6.92 Å². The van der Waals surface area contributed by atoms with Gasteiger partial charge < -0.3 is 24.8 Å². The Bertz CT molecular complexity index is 950. The van der Waals surface area contributed by atoms with E-state index in [-0.39, 0.29) is 19.4 Å². The van der Waals surface area contributed by atoms with Crippen molar-refractivity contribution in [2.75, 3.05) is 14.2 Å². The third kappa shape index (κ3) is 8.57. The zero-order valence-corrected chi connectivity index (χ0v) is 19.5. The van der Waals surface area contributed by atoms with Crippen molar-refractivity contribution in [2.45, 2.75) is 38.5 Å². The molecular weight excluding hydrogens is 440 g/mol. The van der Waals surface area contributed by atoms with Crippen molar-refractivity contribution in [1.29, 1.82) is 0 Å². The number of hydrogen-bond donors (Lipinski definition) is 2. The summed E-state index contributed by atoms with van der Waals surface area (Å²) in [4.78, 5) is 49.6. The molecule has 2 rings (SSSR count). The maximum atomic E-state index is 13.1. The predicted molar refractivity (Wildman–Crippen MR) is 123 cm³/mol. The standard InChI is InChI=1S/C25H30N2O7/c1-17(23(29)32-2)14-21(24(30)33-3)26-22(28)20(15-18-10-6-4-7-11-18)27-25(31)34-16-19-12-8-5-9-13-19/h4-13,17,20-21H,14-16H2,1-3H3,(H,26,28)(H,27,31)/t17-,20-,21+/m0/s1. The molecule has 3 atom stereocenters. The molecule has 2 N–H and O–H groups in total. The van der Waals surface area contributed by atoms with Crippen LogP contribution in [0.4, 0.5) is 4.79 Å². The fourth-order valence-electron chi connectivity index (χ4n) is 3.25. The molecule has 34 heavy (non-hydrogen) atoms. The summed E-state index contributed by atoms with van der Waals surface area (Å²) in [5.74, 6) is -2.51. The van der Waals surface area contributed by atoms with E-state index in [0.29, 0.717) is 0 Å². The monoisotopic (exact) mass is 470 g/mol. The maximum absolute atomic E-state index is 13.1. The topological polar surface area (TPSA) is 120 Å². The van der Waals surface area contributed by atoms with Crippen molar-refractivity contribution in [1.82, 2.24) is 10.6 Å². The summed E-state index contributed by atoms with van der Waals surface area (Å²) < 4.78 is 14.7. The second-order valence-electron chi connectivity index (χ2n) is 7.69. The number of benzene rings is 2. The van der Waals surface area contributed by atoms with Crippen LogP contribution in [0.25, 0.3) is 0 Å². The van der Waals surface area contributed by atoms with Crippen LogP contribution in [0.3, 0.4) is 0 Å². The summed E-state index contributed by atoms with van der Waals surface area (Å²) in [5, 5.41) is 5.15. The van der Waals surface area contributed by atoms with Crippen LogP contribution in [-0.2, 0) is 41.6 Å². The largest absolute Gasteiger partial charge is 0.469 e. The molecule has 0 aliphatic rings. The summed E-state index contributed by atoms with van der Waals surface area (Å²) in [7, 11) is 2.43. The number of ether oxygens (including phenoxy) is 3. The Morgan fingerprint density at radius 1 is 0.765 bits per heavy atom. The van der Waals surface area contributed by atoms with E-state index in [0.717, 1.165) is 11.1 Å². The molecule has 9 nitrogen and oxygen atoms in total. The quantitative estimate of drug-likeness (QED) is 0.382. The van der Waals surface area contributed by atoms with Gasteiger partial charge in [0.25, 0.3) is 0 Å². The highest BCUT2D eigenvalue weighted by Crippen LogP contribution is 2.11. The molecule has 0 saturated heterocycles. The van der Waals surface area contributed by atoms with Crippen molar-refractivity contribution in [2.24, 2.45) is 5.92 Å². The van der Waals surface area contributed by atoms with Gasteiger partial charge in [-0.3, -0.25) is 9.59 Å². The number of amides is 2. The Morgan fingerprint density at radius 3 is 1.88 bits per heavy atom. The molecule has 0 aromatic heterocycles. The molecule has 0 heterocycles. The summed E-state index contributed by atoms with van der Waals surface area (Å²) in [5.41, 5.74) is 1.59.